The van der Waals surface area contributed by atoms with Crippen molar-refractivity contribution in [2.24, 2.45) is 4.99 Å². The summed E-state index contributed by atoms with van der Waals surface area (Å²) in [5.74, 6) is -0.0865. The number of aromatic carboxylic acids is 1. The fourth-order valence-corrected chi connectivity index (χ4v) is 4.06. The molecule has 180 valence electrons. The SMILES string of the molecule is CC(=O)c1ccc(N2CCN(C(=NCCc3ccccc3)Nc3ccc(C(=O)O)cc3)CC2)cc1. The summed E-state index contributed by atoms with van der Waals surface area (Å²) in [4.78, 5) is 32.2. The minimum Gasteiger partial charge on any atom is -0.478 e. The van der Waals surface area contributed by atoms with Crippen LogP contribution in [0.25, 0.3) is 0 Å². The second-order valence-corrected chi connectivity index (χ2v) is 8.53. The third kappa shape index (κ3) is 6.47. The molecule has 1 heterocycles. The number of nitrogens with one attached hydrogen (secondary N) is 1. The van der Waals surface area contributed by atoms with Crippen LogP contribution in [0.5, 0.6) is 0 Å². The van der Waals surface area contributed by atoms with Crippen LogP contribution >= 0.6 is 0 Å². The molecule has 0 saturated carbocycles. The van der Waals surface area contributed by atoms with Gasteiger partial charge in [0.1, 0.15) is 0 Å². The van der Waals surface area contributed by atoms with Crippen molar-refractivity contribution in [1.29, 1.82) is 0 Å². The number of aliphatic imine (C=N–C) groups is 1. The molecule has 0 radical (unpaired) electrons. The first kappa shape index (κ1) is 24.0. The molecule has 3 aromatic rings. The minimum atomic E-state index is -0.944. The molecule has 0 aromatic heterocycles. The Hall–Kier alpha value is -4.13. The number of carbonyl (C=O) groups excluding carboxylic acids is 1. The number of carboxylic acid groups (broad SMARTS) is 1. The Balaban J connectivity index is 1.44. The van der Waals surface area contributed by atoms with Gasteiger partial charge in [0.15, 0.2) is 11.7 Å². The first-order valence-corrected chi connectivity index (χ1v) is 11.8. The van der Waals surface area contributed by atoms with E-state index in [1.54, 1.807) is 31.2 Å². The van der Waals surface area contributed by atoms with Gasteiger partial charge in [0.25, 0.3) is 0 Å². The summed E-state index contributed by atoms with van der Waals surface area (Å²) in [7, 11) is 0. The van der Waals surface area contributed by atoms with E-state index in [1.807, 2.05) is 42.5 Å². The average molecular weight is 471 g/mol. The molecule has 0 aliphatic carbocycles. The van der Waals surface area contributed by atoms with Crippen molar-refractivity contribution in [2.75, 3.05) is 42.9 Å². The van der Waals surface area contributed by atoms with Crippen LogP contribution in [0.15, 0.2) is 83.9 Å². The van der Waals surface area contributed by atoms with Crippen LogP contribution in [0.2, 0.25) is 0 Å². The second kappa shape index (κ2) is 11.3. The molecular formula is C28H30N4O3. The number of rotatable bonds is 7. The van der Waals surface area contributed by atoms with Crippen LogP contribution < -0.4 is 10.2 Å². The summed E-state index contributed by atoms with van der Waals surface area (Å²) in [6, 6.07) is 24.8. The summed E-state index contributed by atoms with van der Waals surface area (Å²) in [5, 5.41) is 12.6. The summed E-state index contributed by atoms with van der Waals surface area (Å²) < 4.78 is 0. The molecular weight excluding hydrogens is 440 g/mol. The zero-order valence-corrected chi connectivity index (χ0v) is 19.9. The van der Waals surface area contributed by atoms with Gasteiger partial charge >= 0.3 is 5.97 Å². The van der Waals surface area contributed by atoms with Gasteiger partial charge in [-0.3, -0.25) is 9.79 Å². The summed E-state index contributed by atoms with van der Waals surface area (Å²) in [5.41, 5.74) is 4.12. The predicted octanol–water partition coefficient (Wildman–Crippen LogP) is 4.42. The fraction of sp³-hybridized carbons (Fsp3) is 0.250. The van der Waals surface area contributed by atoms with E-state index < -0.39 is 5.97 Å². The van der Waals surface area contributed by atoms with Gasteiger partial charge in [0.05, 0.1) is 5.56 Å². The molecule has 1 aliphatic rings. The van der Waals surface area contributed by atoms with Gasteiger partial charge in [0, 0.05) is 49.7 Å². The van der Waals surface area contributed by atoms with Crippen molar-refractivity contribution < 1.29 is 14.7 Å². The zero-order chi connectivity index (χ0) is 24.6. The molecule has 7 nitrogen and oxygen atoms in total. The maximum Gasteiger partial charge on any atom is 0.335 e. The lowest BCUT2D eigenvalue weighted by Gasteiger charge is -2.37. The molecule has 0 unspecified atom stereocenters. The smallest absolute Gasteiger partial charge is 0.335 e. The van der Waals surface area contributed by atoms with E-state index in [4.69, 9.17) is 4.99 Å². The van der Waals surface area contributed by atoms with Crippen LogP contribution in [0, 0.1) is 0 Å². The first-order valence-electron chi connectivity index (χ1n) is 11.8. The van der Waals surface area contributed by atoms with Crippen LogP contribution in [0.3, 0.4) is 0 Å². The van der Waals surface area contributed by atoms with Crippen LogP contribution in [-0.2, 0) is 6.42 Å². The number of benzene rings is 3. The van der Waals surface area contributed by atoms with Gasteiger partial charge in [0.2, 0.25) is 0 Å². The van der Waals surface area contributed by atoms with Crippen LogP contribution in [0.1, 0.15) is 33.2 Å². The third-order valence-corrected chi connectivity index (χ3v) is 6.11. The van der Waals surface area contributed by atoms with E-state index in [-0.39, 0.29) is 11.3 Å². The monoisotopic (exact) mass is 470 g/mol. The number of guanidine groups is 1. The number of carbonyl (C=O) groups is 2. The minimum absolute atomic E-state index is 0.0696. The van der Waals surface area contributed by atoms with Gasteiger partial charge in [-0.15, -0.1) is 0 Å². The van der Waals surface area contributed by atoms with Gasteiger partial charge in [-0.1, -0.05) is 30.3 Å². The van der Waals surface area contributed by atoms with E-state index in [0.717, 1.165) is 55.5 Å². The first-order chi connectivity index (χ1) is 17.0. The van der Waals surface area contributed by atoms with Gasteiger partial charge in [-0.2, -0.15) is 0 Å². The summed E-state index contributed by atoms with van der Waals surface area (Å²) in [6.45, 7) is 5.46. The summed E-state index contributed by atoms with van der Waals surface area (Å²) in [6.07, 6.45) is 0.840. The van der Waals surface area contributed by atoms with Crippen molar-refractivity contribution in [3.63, 3.8) is 0 Å². The van der Waals surface area contributed by atoms with E-state index in [1.165, 1.54) is 5.56 Å². The molecule has 2 N–H and O–H groups in total. The fourth-order valence-electron chi connectivity index (χ4n) is 4.06. The highest BCUT2D eigenvalue weighted by Crippen LogP contribution is 2.19. The molecule has 1 aliphatic heterocycles. The van der Waals surface area contributed by atoms with E-state index in [0.29, 0.717) is 6.54 Å². The molecule has 0 bridgehead atoms. The number of Topliss-reactive ketones (excluding diaryl/α,β-unsaturated/α-hetero) is 1. The zero-order valence-electron chi connectivity index (χ0n) is 19.9. The highest BCUT2D eigenvalue weighted by molar-refractivity contribution is 5.95. The number of piperazine rings is 1. The van der Waals surface area contributed by atoms with Gasteiger partial charge in [-0.25, -0.2) is 4.79 Å². The molecule has 0 spiro atoms. The largest absolute Gasteiger partial charge is 0.478 e. The molecule has 0 amide bonds. The quantitative estimate of drug-likeness (QED) is 0.302. The van der Waals surface area contributed by atoms with Crippen molar-refractivity contribution in [3.8, 4) is 0 Å². The lowest BCUT2D eigenvalue weighted by Crippen LogP contribution is -2.50. The molecule has 1 saturated heterocycles. The molecule has 4 rings (SSSR count). The number of nitrogens with zero attached hydrogens (tertiary/aromatic N) is 3. The molecule has 7 heteroatoms. The Morgan fingerprint density at radius 3 is 2.09 bits per heavy atom. The standard InChI is InChI=1S/C28H30N4O3/c1-21(33)23-9-13-26(14-10-23)31-17-19-32(20-18-31)28(29-16-15-22-5-3-2-4-6-22)30-25-11-7-24(8-12-25)27(34)35/h2-14H,15-20H2,1H3,(H,29,30)(H,34,35). The number of hydrogen-bond acceptors (Lipinski definition) is 4. The number of carboxylic acids is 1. The Bertz CT molecular complexity index is 1170. The van der Waals surface area contributed by atoms with E-state index >= 15 is 0 Å². The lowest BCUT2D eigenvalue weighted by molar-refractivity contribution is 0.0696. The maximum atomic E-state index is 11.6. The topological polar surface area (TPSA) is 85.2 Å². The van der Waals surface area contributed by atoms with Crippen molar-refractivity contribution in [1.82, 2.24) is 4.90 Å². The van der Waals surface area contributed by atoms with E-state index in [2.05, 4.69) is 27.2 Å². The van der Waals surface area contributed by atoms with Crippen LogP contribution in [-0.4, -0.2) is 60.4 Å². The van der Waals surface area contributed by atoms with Gasteiger partial charge in [-0.05, 0) is 67.4 Å². The van der Waals surface area contributed by atoms with E-state index in [9.17, 15) is 14.7 Å². The molecule has 1 fully saturated rings. The second-order valence-electron chi connectivity index (χ2n) is 8.53. The average Bonchev–Trinajstić information content (AvgIpc) is 2.89. The Morgan fingerprint density at radius 1 is 0.857 bits per heavy atom. The molecule has 0 atom stereocenters. The van der Waals surface area contributed by atoms with Gasteiger partial charge < -0.3 is 20.2 Å². The maximum absolute atomic E-state index is 11.6. The van der Waals surface area contributed by atoms with Crippen molar-refractivity contribution in [2.45, 2.75) is 13.3 Å². The normalized spacial score (nSPS) is 14.0. The molecule has 3 aromatic carbocycles. The Kier molecular flexibility index (Phi) is 7.77. The van der Waals surface area contributed by atoms with Crippen LogP contribution in [0.4, 0.5) is 11.4 Å². The third-order valence-electron chi connectivity index (χ3n) is 6.11. The Morgan fingerprint density at radius 2 is 1.49 bits per heavy atom. The number of ketones is 1. The Labute approximate surface area is 205 Å². The summed E-state index contributed by atoms with van der Waals surface area (Å²) >= 11 is 0. The number of anilines is 2. The highest BCUT2D eigenvalue weighted by Gasteiger charge is 2.20. The van der Waals surface area contributed by atoms with Crippen molar-refractivity contribution >= 4 is 29.1 Å². The number of hydrogen-bond donors (Lipinski definition) is 2. The van der Waals surface area contributed by atoms with Crippen molar-refractivity contribution in [3.05, 3.63) is 95.6 Å². The highest BCUT2D eigenvalue weighted by atomic mass is 16.4. The molecule has 35 heavy (non-hydrogen) atoms. The predicted molar refractivity (Wildman–Crippen MR) is 140 cm³/mol. The lowest BCUT2D eigenvalue weighted by atomic mass is 10.1.